The Bertz CT molecular complexity index is 636. The third kappa shape index (κ3) is 3.95. The number of nitrogen functional groups attached to an aromatic ring is 1. The van der Waals surface area contributed by atoms with E-state index in [4.69, 9.17) is 5.73 Å². The number of carbonyl (C=O) groups excluding carboxylic acids is 1. The van der Waals surface area contributed by atoms with Gasteiger partial charge in [0, 0.05) is 6.54 Å². The number of carbonyl (C=O) groups is 1. The lowest BCUT2D eigenvalue weighted by Crippen LogP contribution is -2.16. The van der Waals surface area contributed by atoms with E-state index in [9.17, 15) is 4.79 Å². The van der Waals surface area contributed by atoms with Crippen LogP contribution in [0.25, 0.3) is 0 Å². The van der Waals surface area contributed by atoms with Crippen LogP contribution in [0, 0.1) is 12.8 Å². The maximum absolute atomic E-state index is 12.3. The molecule has 1 aromatic carbocycles. The number of aromatic nitrogens is 1. The van der Waals surface area contributed by atoms with Crippen molar-refractivity contribution in [2.24, 2.45) is 5.92 Å². The standard InChI is InChI=1S/C15H20N4OS/c1-9(2)7-17-15-13(18-8-21-15)14(20)19-12-5-4-10(3)6-11(12)16/h4-6,8-9,17H,7,16H2,1-3H3,(H,19,20). The van der Waals surface area contributed by atoms with Gasteiger partial charge >= 0.3 is 0 Å². The van der Waals surface area contributed by atoms with Gasteiger partial charge in [0.15, 0.2) is 5.69 Å². The SMILES string of the molecule is Cc1ccc(NC(=O)c2ncsc2NCC(C)C)c(N)c1. The Balaban J connectivity index is 2.12. The van der Waals surface area contributed by atoms with Gasteiger partial charge in [-0.1, -0.05) is 19.9 Å². The molecule has 0 aliphatic carbocycles. The normalized spacial score (nSPS) is 10.7. The molecule has 0 spiro atoms. The number of aryl methyl sites for hydroxylation is 1. The van der Waals surface area contributed by atoms with Gasteiger partial charge in [0.25, 0.3) is 5.91 Å². The molecule has 5 nitrogen and oxygen atoms in total. The Labute approximate surface area is 128 Å². The van der Waals surface area contributed by atoms with E-state index in [0.29, 0.717) is 23.0 Å². The maximum Gasteiger partial charge on any atom is 0.277 e. The molecule has 2 aromatic rings. The molecular formula is C15H20N4OS. The summed E-state index contributed by atoms with van der Waals surface area (Å²) in [5.74, 6) is 0.244. The van der Waals surface area contributed by atoms with Crippen LogP contribution in [0.3, 0.4) is 0 Å². The van der Waals surface area contributed by atoms with Gasteiger partial charge in [0.2, 0.25) is 0 Å². The van der Waals surface area contributed by atoms with Crippen LogP contribution in [0.4, 0.5) is 16.4 Å². The molecule has 0 radical (unpaired) electrons. The van der Waals surface area contributed by atoms with Crippen LogP contribution in [-0.4, -0.2) is 17.4 Å². The molecule has 0 unspecified atom stereocenters. The largest absolute Gasteiger partial charge is 0.397 e. The van der Waals surface area contributed by atoms with Gasteiger partial charge in [-0.3, -0.25) is 4.79 Å². The second kappa shape index (κ2) is 6.58. The molecule has 0 bridgehead atoms. The molecule has 0 fully saturated rings. The second-order valence-corrected chi connectivity index (χ2v) is 6.20. The number of nitrogens with one attached hydrogen (secondary N) is 2. The molecule has 1 aromatic heterocycles. The molecule has 0 saturated carbocycles. The predicted molar refractivity (Wildman–Crippen MR) is 89.0 cm³/mol. The zero-order valence-corrected chi connectivity index (χ0v) is 13.3. The predicted octanol–water partition coefficient (Wildman–Crippen LogP) is 3.35. The van der Waals surface area contributed by atoms with E-state index in [0.717, 1.165) is 17.1 Å². The summed E-state index contributed by atoms with van der Waals surface area (Å²) in [4.78, 5) is 16.5. The highest BCUT2D eigenvalue weighted by Gasteiger charge is 2.16. The summed E-state index contributed by atoms with van der Waals surface area (Å²) in [6.07, 6.45) is 0. The van der Waals surface area contributed by atoms with Gasteiger partial charge in [-0.25, -0.2) is 4.98 Å². The molecular weight excluding hydrogens is 284 g/mol. The lowest BCUT2D eigenvalue weighted by Gasteiger charge is -2.10. The summed E-state index contributed by atoms with van der Waals surface area (Å²) in [6.45, 7) is 6.98. The highest BCUT2D eigenvalue weighted by Crippen LogP contribution is 2.24. The number of nitrogens with two attached hydrogens (primary N) is 1. The van der Waals surface area contributed by atoms with Crippen LogP contribution in [0.15, 0.2) is 23.7 Å². The summed E-state index contributed by atoms with van der Waals surface area (Å²) in [6, 6.07) is 5.54. The van der Waals surface area contributed by atoms with Crippen molar-refractivity contribution in [2.75, 3.05) is 22.9 Å². The van der Waals surface area contributed by atoms with Crippen molar-refractivity contribution in [1.82, 2.24) is 4.98 Å². The van der Waals surface area contributed by atoms with Crippen LogP contribution < -0.4 is 16.4 Å². The number of hydrogen-bond donors (Lipinski definition) is 3. The molecule has 0 aliphatic rings. The van der Waals surface area contributed by atoms with E-state index >= 15 is 0 Å². The van der Waals surface area contributed by atoms with Crippen molar-refractivity contribution in [3.63, 3.8) is 0 Å². The first-order valence-corrected chi connectivity index (χ1v) is 7.70. The van der Waals surface area contributed by atoms with Gasteiger partial charge in [0.1, 0.15) is 5.00 Å². The number of nitrogens with zero attached hydrogens (tertiary/aromatic N) is 1. The average molecular weight is 304 g/mol. The average Bonchev–Trinajstić information content (AvgIpc) is 2.88. The van der Waals surface area contributed by atoms with E-state index in [2.05, 4.69) is 29.5 Å². The molecule has 1 heterocycles. The van der Waals surface area contributed by atoms with Gasteiger partial charge in [-0.2, -0.15) is 0 Å². The van der Waals surface area contributed by atoms with Gasteiger partial charge in [-0.15, -0.1) is 11.3 Å². The topological polar surface area (TPSA) is 80.0 Å². The molecule has 112 valence electrons. The first kappa shape index (κ1) is 15.3. The minimum absolute atomic E-state index is 0.252. The van der Waals surface area contributed by atoms with E-state index in [1.54, 1.807) is 11.6 Å². The van der Waals surface area contributed by atoms with Crippen molar-refractivity contribution in [2.45, 2.75) is 20.8 Å². The fourth-order valence-corrected chi connectivity index (χ4v) is 2.49. The number of anilines is 3. The number of hydrogen-bond acceptors (Lipinski definition) is 5. The van der Waals surface area contributed by atoms with Crippen LogP contribution in [0.1, 0.15) is 29.9 Å². The summed E-state index contributed by atoms with van der Waals surface area (Å²) >= 11 is 1.42. The Morgan fingerprint density at radius 1 is 1.43 bits per heavy atom. The summed E-state index contributed by atoms with van der Waals surface area (Å²) in [5, 5.41) is 6.84. The lowest BCUT2D eigenvalue weighted by atomic mass is 10.2. The third-order valence-electron chi connectivity index (χ3n) is 2.91. The highest BCUT2D eigenvalue weighted by atomic mass is 32.1. The highest BCUT2D eigenvalue weighted by molar-refractivity contribution is 7.14. The first-order chi connectivity index (χ1) is 9.97. The summed E-state index contributed by atoms with van der Waals surface area (Å²) in [5.41, 5.74) is 10.2. The number of benzene rings is 1. The monoisotopic (exact) mass is 304 g/mol. The molecule has 6 heteroatoms. The van der Waals surface area contributed by atoms with Crippen molar-refractivity contribution in [3.05, 3.63) is 35.0 Å². The Hall–Kier alpha value is -2.08. The molecule has 2 rings (SSSR count). The number of thiazole rings is 1. The molecule has 0 aliphatic heterocycles. The van der Waals surface area contributed by atoms with Crippen molar-refractivity contribution < 1.29 is 4.79 Å². The Kier molecular flexibility index (Phi) is 4.80. The van der Waals surface area contributed by atoms with Crippen molar-refractivity contribution >= 4 is 33.6 Å². The molecule has 0 saturated heterocycles. The van der Waals surface area contributed by atoms with Crippen molar-refractivity contribution in [1.29, 1.82) is 0 Å². The van der Waals surface area contributed by atoms with Crippen molar-refractivity contribution in [3.8, 4) is 0 Å². The quantitative estimate of drug-likeness (QED) is 0.740. The second-order valence-electron chi connectivity index (χ2n) is 5.35. The summed E-state index contributed by atoms with van der Waals surface area (Å²) < 4.78 is 0. The minimum atomic E-state index is -0.252. The summed E-state index contributed by atoms with van der Waals surface area (Å²) in [7, 11) is 0. The van der Waals surface area contributed by atoms with E-state index in [1.165, 1.54) is 11.3 Å². The number of rotatable bonds is 5. The number of amides is 1. The third-order valence-corrected chi connectivity index (χ3v) is 3.69. The smallest absolute Gasteiger partial charge is 0.277 e. The zero-order chi connectivity index (χ0) is 15.4. The van der Waals surface area contributed by atoms with Crippen LogP contribution in [0.2, 0.25) is 0 Å². The maximum atomic E-state index is 12.3. The molecule has 4 N–H and O–H groups in total. The van der Waals surface area contributed by atoms with Gasteiger partial charge in [-0.05, 0) is 30.5 Å². The van der Waals surface area contributed by atoms with E-state index < -0.39 is 0 Å². The fraction of sp³-hybridized carbons (Fsp3) is 0.333. The fourth-order valence-electron chi connectivity index (χ4n) is 1.81. The van der Waals surface area contributed by atoms with Crippen LogP contribution in [-0.2, 0) is 0 Å². The first-order valence-electron chi connectivity index (χ1n) is 6.82. The van der Waals surface area contributed by atoms with Crippen LogP contribution >= 0.6 is 11.3 Å². The Morgan fingerprint density at radius 2 is 2.19 bits per heavy atom. The molecule has 1 amide bonds. The Morgan fingerprint density at radius 3 is 2.86 bits per heavy atom. The van der Waals surface area contributed by atoms with E-state index in [-0.39, 0.29) is 5.91 Å². The minimum Gasteiger partial charge on any atom is -0.397 e. The van der Waals surface area contributed by atoms with E-state index in [1.807, 2.05) is 19.1 Å². The zero-order valence-electron chi connectivity index (χ0n) is 12.4. The molecule has 0 atom stereocenters. The van der Waals surface area contributed by atoms with Gasteiger partial charge < -0.3 is 16.4 Å². The molecule has 21 heavy (non-hydrogen) atoms. The van der Waals surface area contributed by atoms with Gasteiger partial charge in [0.05, 0.1) is 16.9 Å². The van der Waals surface area contributed by atoms with Crippen LogP contribution in [0.5, 0.6) is 0 Å². The lowest BCUT2D eigenvalue weighted by molar-refractivity contribution is 0.102.